The van der Waals surface area contributed by atoms with Crippen LogP contribution in [-0.2, 0) is 6.18 Å². The molecule has 0 radical (unpaired) electrons. The number of nitrogens with zero attached hydrogens (tertiary/aromatic N) is 4. The highest BCUT2D eigenvalue weighted by Gasteiger charge is 2.36. The molecule has 27 heavy (non-hydrogen) atoms. The maximum absolute atomic E-state index is 13.1. The number of hydrogen-bond donors (Lipinski definition) is 1. The number of alkyl halides is 3. The number of carboxylic acids is 1. The fraction of sp³-hybridized carbons (Fsp3) is 0.176. The van der Waals surface area contributed by atoms with Crippen molar-refractivity contribution in [3.63, 3.8) is 0 Å². The molecule has 1 aliphatic rings. The highest BCUT2D eigenvalue weighted by Crippen LogP contribution is 2.32. The van der Waals surface area contributed by atoms with E-state index in [1.807, 2.05) is 0 Å². The number of benzene rings is 1. The van der Waals surface area contributed by atoms with Gasteiger partial charge in [-0.3, -0.25) is 4.79 Å². The van der Waals surface area contributed by atoms with Crippen LogP contribution in [0.1, 0.15) is 26.4 Å². The molecule has 0 spiro atoms. The van der Waals surface area contributed by atoms with Gasteiger partial charge in [-0.15, -0.1) is 10.2 Å². The van der Waals surface area contributed by atoms with E-state index < -0.39 is 29.2 Å². The van der Waals surface area contributed by atoms with Gasteiger partial charge in [0.1, 0.15) is 0 Å². The van der Waals surface area contributed by atoms with Crippen LogP contribution in [0.25, 0.3) is 0 Å². The maximum Gasteiger partial charge on any atom is 0.417 e. The van der Waals surface area contributed by atoms with E-state index >= 15 is 0 Å². The molecule has 3 rings (SSSR count). The number of halogens is 3. The average Bonchev–Trinajstić information content (AvgIpc) is 2.67. The number of aromatic nitrogens is 2. The predicted octanol–water partition coefficient (Wildman–Crippen LogP) is 2.63. The van der Waals surface area contributed by atoms with E-state index in [9.17, 15) is 22.8 Å². The minimum Gasteiger partial charge on any atom is -0.476 e. The Hall–Kier alpha value is -3.43. The fourth-order valence-electron chi connectivity index (χ4n) is 2.55. The highest BCUT2D eigenvalue weighted by atomic mass is 19.4. The summed E-state index contributed by atoms with van der Waals surface area (Å²) in [7, 11) is 0. The summed E-state index contributed by atoms with van der Waals surface area (Å²) in [4.78, 5) is 26.1. The Kier molecular flexibility index (Phi) is 4.80. The maximum atomic E-state index is 13.1. The van der Waals surface area contributed by atoms with Crippen LogP contribution in [0.3, 0.4) is 0 Å². The first-order chi connectivity index (χ1) is 12.8. The smallest absolute Gasteiger partial charge is 0.417 e. The molecule has 0 unspecified atom stereocenters. The third kappa shape index (κ3) is 3.89. The van der Waals surface area contributed by atoms with Crippen molar-refractivity contribution in [1.82, 2.24) is 15.1 Å². The van der Waals surface area contributed by atoms with Gasteiger partial charge < -0.3 is 14.9 Å². The van der Waals surface area contributed by atoms with Crippen molar-refractivity contribution in [2.45, 2.75) is 6.18 Å². The highest BCUT2D eigenvalue weighted by molar-refractivity contribution is 5.96. The lowest BCUT2D eigenvalue weighted by atomic mass is 10.1. The molecule has 1 amide bonds. The van der Waals surface area contributed by atoms with Crippen LogP contribution in [0, 0.1) is 0 Å². The molecular weight excluding hydrogens is 365 g/mol. The van der Waals surface area contributed by atoms with E-state index in [1.165, 1.54) is 41.6 Å². The molecule has 0 bridgehead atoms. The van der Waals surface area contributed by atoms with E-state index in [1.54, 1.807) is 4.90 Å². The zero-order valence-electron chi connectivity index (χ0n) is 13.7. The molecule has 1 aromatic carbocycles. The Balaban J connectivity index is 1.77. The normalized spacial score (nSPS) is 14.3. The summed E-state index contributed by atoms with van der Waals surface area (Å²) in [6.07, 6.45) is -1.80. The Morgan fingerprint density at radius 1 is 1.00 bits per heavy atom. The first-order valence-corrected chi connectivity index (χ1v) is 7.76. The molecule has 140 valence electrons. The Morgan fingerprint density at radius 3 is 2.30 bits per heavy atom. The number of rotatable bonds is 3. The third-order valence-electron chi connectivity index (χ3n) is 3.90. The molecular formula is C17H13F3N4O3. The molecule has 2 heterocycles. The lowest BCUT2D eigenvalue weighted by Gasteiger charge is -2.29. The second kappa shape index (κ2) is 7.06. The zero-order chi connectivity index (χ0) is 19.6. The Bertz CT molecular complexity index is 897. The molecule has 0 atom stereocenters. The molecule has 1 N–H and O–H groups in total. The molecule has 0 saturated carbocycles. The summed E-state index contributed by atoms with van der Waals surface area (Å²) in [5.74, 6) is -1.60. The number of aromatic carboxylic acids is 1. The quantitative estimate of drug-likeness (QED) is 0.884. The molecule has 1 aliphatic heterocycles. The van der Waals surface area contributed by atoms with Crippen molar-refractivity contribution < 1.29 is 27.9 Å². The van der Waals surface area contributed by atoms with Gasteiger partial charge in [-0.2, -0.15) is 13.2 Å². The van der Waals surface area contributed by atoms with E-state index in [4.69, 9.17) is 5.11 Å². The predicted molar refractivity (Wildman–Crippen MR) is 88.0 cm³/mol. The van der Waals surface area contributed by atoms with Crippen LogP contribution in [0.4, 0.5) is 19.0 Å². The number of carboxylic acid groups (broad SMARTS) is 1. The zero-order valence-corrected chi connectivity index (χ0v) is 13.7. The summed E-state index contributed by atoms with van der Waals surface area (Å²) in [6, 6.07) is 7.36. The minimum absolute atomic E-state index is 0.129. The van der Waals surface area contributed by atoms with Crippen LogP contribution < -0.4 is 4.90 Å². The molecule has 0 fully saturated rings. The Labute approximate surface area is 151 Å². The summed E-state index contributed by atoms with van der Waals surface area (Å²) < 4.78 is 39.3. The minimum atomic E-state index is -4.63. The molecule has 10 heteroatoms. The van der Waals surface area contributed by atoms with Crippen LogP contribution in [0.5, 0.6) is 0 Å². The number of hydrogen-bond acceptors (Lipinski definition) is 5. The van der Waals surface area contributed by atoms with Crippen molar-refractivity contribution in [3.05, 3.63) is 65.6 Å². The second-order valence-corrected chi connectivity index (χ2v) is 5.62. The van der Waals surface area contributed by atoms with Gasteiger partial charge in [0.05, 0.1) is 11.1 Å². The lowest BCUT2D eigenvalue weighted by molar-refractivity contribution is -0.138. The first kappa shape index (κ1) is 18.4. The largest absolute Gasteiger partial charge is 0.476 e. The van der Waals surface area contributed by atoms with Crippen molar-refractivity contribution in [2.24, 2.45) is 0 Å². The lowest BCUT2D eigenvalue weighted by Crippen LogP contribution is -2.39. The van der Waals surface area contributed by atoms with Gasteiger partial charge in [0.2, 0.25) is 0 Å². The van der Waals surface area contributed by atoms with Crippen LogP contribution in [0.2, 0.25) is 0 Å². The van der Waals surface area contributed by atoms with Crippen molar-refractivity contribution in [1.29, 1.82) is 0 Å². The molecule has 1 aromatic heterocycles. The number of carbonyl (C=O) groups is 2. The van der Waals surface area contributed by atoms with Gasteiger partial charge in [-0.25, -0.2) is 4.79 Å². The van der Waals surface area contributed by atoms with E-state index in [0.29, 0.717) is 5.82 Å². The molecule has 7 nitrogen and oxygen atoms in total. The van der Waals surface area contributed by atoms with Crippen molar-refractivity contribution in [3.8, 4) is 0 Å². The van der Waals surface area contributed by atoms with Crippen molar-refractivity contribution in [2.75, 3.05) is 18.0 Å². The summed E-state index contributed by atoms with van der Waals surface area (Å²) in [5.41, 5.74) is -1.62. The first-order valence-electron chi connectivity index (χ1n) is 7.76. The standard InChI is InChI=1S/C17H13F3N4O3/c18-17(19,20)12-4-2-1-3-11(12)15(25)24-9-7-23(8-10-24)14-6-5-13(16(26)27)21-22-14/h1-7,9H,8,10H2,(H,26,27). The number of amides is 1. The Morgan fingerprint density at radius 2 is 1.74 bits per heavy atom. The topological polar surface area (TPSA) is 86.6 Å². The van der Waals surface area contributed by atoms with Gasteiger partial charge in [0, 0.05) is 25.5 Å². The van der Waals surface area contributed by atoms with Gasteiger partial charge >= 0.3 is 12.1 Å². The van der Waals surface area contributed by atoms with Crippen LogP contribution in [0.15, 0.2) is 48.8 Å². The third-order valence-corrected chi connectivity index (χ3v) is 3.90. The van der Waals surface area contributed by atoms with E-state index in [-0.39, 0.29) is 18.8 Å². The second-order valence-electron chi connectivity index (χ2n) is 5.62. The number of anilines is 1. The number of carbonyl (C=O) groups excluding carboxylic acids is 1. The van der Waals surface area contributed by atoms with Crippen LogP contribution in [-0.4, -0.2) is 45.2 Å². The molecule has 2 aromatic rings. The van der Waals surface area contributed by atoms with Gasteiger partial charge in [0.15, 0.2) is 11.5 Å². The molecule has 0 aliphatic carbocycles. The SMILES string of the molecule is O=C(O)c1ccc(N2C=CN(C(=O)c3ccccc3C(F)(F)F)CC2)nn1. The summed E-state index contributed by atoms with van der Waals surface area (Å²) >= 11 is 0. The summed E-state index contributed by atoms with van der Waals surface area (Å²) in [5, 5.41) is 16.2. The summed E-state index contributed by atoms with van der Waals surface area (Å²) in [6.45, 7) is 0.390. The van der Waals surface area contributed by atoms with Crippen LogP contribution >= 0.6 is 0 Å². The van der Waals surface area contributed by atoms with Gasteiger partial charge in [-0.1, -0.05) is 12.1 Å². The molecule has 0 saturated heterocycles. The fourth-order valence-corrected chi connectivity index (χ4v) is 2.55. The average molecular weight is 378 g/mol. The van der Waals surface area contributed by atoms with E-state index in [2.05, 4.69) is 10.2 Å². The van der Waals surface area contributed by atoms with Gasteiger partial charge in [0.25, 0.3) is 5.91 Å². The monoisotopic (exact) mass is 378 g/mol. The van der Waals surface area contributed by atoms with E-state index in [0.717, 1.165) is 12.1 Å². The van der Waals surface area contributed by atoms with Gasteiger partial charge in [-0.05, 0) is 24.3 Å². The van der Waals surface area contributed by atoms with Crippen molar-refractivity contribution >= 4 is 17.7 Å².